The number of aromatic nitrogens is 1. The zero-order valence-corrected chi connectivity index (χ0v) is 14.3. The number of ether oxygens (including phenoxy) is 2. The van der Waals surface area contributed by atoms with Crippen molar-refractivity contribution < 1.29 is 14.3 Å². The van der Waals surface area contributed by atoms with Crippen molar-refractivity contribution >= 4 is 16.9 Å². The van der Waals surface area contributed by atoms with Gasteiger partial charge in [0, 0.05) is 31.8 Å². The molecule has 1 N–H and O–H groups in total. The highest BCUT2D eigenvalue weighted by molar-refractivity contribution is 5.94. The number of fused-ring (bicyclic) bond motifs is 1. The summed E-state index contributed by atoms with van der Waals surface area (Å²) in [4.78, 5) is 14.5. The number of likely N-dealkylation sites (N-methyl/N-ethyl adjacent to an activating group) is 1. The highest BCUT2D eigenvalue weighted by Crippen LogP contribution is 2.26. The Morgan fingerprint density at radius 1 is 1.30 bits per heavy atom. The fraction of sp³-hybridized carbons (Fsp3) is 0.471. The molecular formula is C17H25N3O3. The topological polar surface area (TPSA) is 55.7 Å². The quantitative estimate of drug-likeness (QED) is 0.793. The minimum absolute atomic E-state index is 0.145. The molecule has 1 aromatic carbocycles. The van der Waals surface area contributed by atoms with Crippen molar-refractivity contribution in [3.8, 4) is 5.75 Å². The number of hydrogen-bond donors (Lipinski definition) is 1. The third kappa shape index (κ3) is 4.24. The van der Waals surface area contributed by atoms with E-state index in [4.69, 9.17) is 9.47 Å². The first-order chi connectivity index (χ1) is 11.1. The molecule has 0 saturated carbocycles. The molecule has 0 unspecified atom stereocenters. The predicted octanol–water partition coefficient (Wildman–Crippen LogP) is 1.96. The maximum absolute atomic E-state index is 12.4. The number of hydrogen-bond acceptors (Lipinski definition) is 4. The zero-order valence-electron chi connectivity index (χ0n) is 14.3. The van der Waals surface area contributed by atoms with Crippen LogP contribution in [0.2, 0.25) is 0 Å². The lowest BCUT2D eigenvalue weighted by atomic mass is 10.1. The van der Waals surface area contributed by atoms with Crippen molar-refractivity contribution in [3.05, 3.63) is 30.0 Å². The second kappa shape index (κ2) is 7.99. The molecule has 0 radical (unpaired) electrons. The van der Waals surface area contributed by atoms with Gasteiger partial charge in [-0.3, -0.25) is 4.57 Å². The summed E-state index contributed by atoms with van der Waals surface area (Å²) in [6.45, 7) is 1.89. The van der Waals surface area contributed by atoms with Crippen LogP contribution in [-0.2, 0) is 11.2 Å². The number of nitrogens with zero attached hydrogens (tertiary/aromatic N) is 2. The van der Waals surface area contributed by atoms with Crippen molar-refractivity contribution in [1.82, 2.24) is 14.8 Å². The summed E-state index contributed by atoms with van der Waals surface area (Å²) in [5.41, 5.74) is 2.02. The molecule has 0 atom stereocenters. The molecule has 6 nitrogen and oxygen atoms in total. The predicted molar refractivity (Wildman–Crippen MR) is 91.4 cm³/mol. The van der Waals surface area contributed by atoms with Crippen molar-refractivity contribution in [2.45, 2.75) is 6.42 Å². The number of methoxy groups -OCH3 is 2. The molecule has 0 aliphatic heterocycles. The van der Waals surface area contributed by atoms with Gasteiger partial charge in [0.2, 0.25) is 0 Å². The molecule has 1 amide bonds. The van der Waals surface area contributed by atoms with Crippen LogP contribution in [0.3, 0.4) is 0 Å². The van der Waals surface area contributed by atoms with Gasteiger partial charge in [0.15, 0.2) is 0 Å². The number of amides is 1. The van der Waals surface area contributed by atoms with Gasteiger partial charge < -0.3 is 19.7 Å². The molecule has 0 saturated heterocycles. The van der Waals surface area contributed by atoms with Crippen LogP contribution in [0, 0.1) is 0 Å². The number of carbonyl (C=O) groups is 1. The molecule has 126 valence electrons. The Kier molecular flexibility index (Phi) is 6.01. The van der Waals surface area contributed by atoms with E-state index in [1.165, 1.54) is 0 Å². The third-order valence-corrected chi connectivity index (χ3v) is 3.72. The highest BCUT2D eigenvalue weighted by atomic mass is 16.5. The highest BCUT2D eigenvalue weighted by Gasteiger charge is 2.14. The average molecular weight is 319 g/mol. The average Bonchev–Trinajstić information content (AvgIpc) is 2.91. The van der Waals surface area contributed by atoms with Gasteiger partial charge in [0.1, 0.15) is 5.75 Å². The SMILES string of the molecule is COCCNC(=O)n1cc(CCN(C)C)c2cc(OC)ccc21. The maximum atomic E-state index is 12.4. The summed E-state index contributed by atoms with van der Waals surface area (Å²) in [6, 6.07) is 5.63. The van der Waals surface area contributed by atoms with E-state index in [1.807, 2.05) is 38.5 Å². The van der Waals surface area contributed by atoms with Crippen LogP contribution in [0.1, 0.15) is 5.56 Å². The Morgan fingerprint density at radius 3 is 2.74 bits per heavy atom. The molecule has 1 aromatic heterocycles. The molecule has 0 aliphatic carbocycles. The summed E-state index contributed by atoms with van der Waals surface area (Å²) in [7, 11) is 7.34. The number of carbonyl (C=O) groups excluding carboxylic acids is 1. The van der Waals surface area contributed by atoms with Crippen LogP contribution in [0.4, 0.5) is 4.79 Å². The van der Waals surface area contributed by atoms with Crippen molar-refractivity contribution in [2.75, 3.05) is 48.0 Å². The van der Waals surface area contributed by atoms with Crippen LogP contribution < -0.4 is 10.1 Å². The van der Waals surface area contributed by atoms with Crippen molar-refractivity contribution in [3.63, 3.8) is 0 Å². The van der Waals surface area contributed by atoms with Gasteiger partial charge in [-0.15, -0.1) is 0 Å². The van der Waals surface area contributed by atoms with E-state index < -0.39 is 0 Å². The molecule has 0 aliphatic rings. The molecule has 6 heteroatoms. The van der Waals surface area contributed by atoms with E-state index in [9.17, 15) is 4.79 Å². The summed E-state index contributed by atoms with van der Waals surface area (Å²) < 4.78 is 11.9. The summed E-state index contributed by atoms with van der Waals surface area (Å²) >= 11 is 0. The van der Waals surface area contributed by atoms with E-state index >= 15 is 0 Å². The van der Waals surface area contributed by atoms with Gasteiger partial charge >= 0.3 is 6.03 Å². The summed E-state index contributed by atoms with van der Waals surface area (Å²) in [5, 5.41) is 3.91. The number of rotatable bonds is 7. The van der Waals surface area contributed by atoms with Crippen LogP contribution in [-0.4, -0.2) is 63.5 Å². The molecule has 2 aromatic rings. The largest absolute Gasteiger partial charge is 0.497 e. The van der Waals surface area contributed by atoms with Crippen LogP contribution in [0.15, 0.2) is 24.4 Å². The van der Waals surface area contributed by atoms with E-state index in [2.05, 4.69) is 10.2 Å². The molecule has 0 spiro atoms. The van der Waals surface area contributed by atoms with E-state index in [0.717, 1.165) is 35.2 Å². The Balaban J connectivity index is 2.34. The van der Waals surface area contributed by atoms with Crippen LogP contribution in [0.5, 0.6) is 5.75 Å². The molecule has 23 heavy (non-hydrogen) atoms. The first kappa shape index (κ1) is 17.3. The van der Waals surface area contributed by atoms with Gasteiger partial charge in [-0.1, -0.05) is 0 Å². The Labute approximate surface area is 137 Å². The van der Waals surface area contributed by atoms with Crippen molar-refractivity contribution in [2.24, 2.45) is 0 Å². The fourth-order valence-electron chi connectivity index (χ4n) is 2.46. The van der Waals surface area contributed by atoms with Gasteiger partial charge in [0.05, 0.1) is 19.2 Å². The van der Waals surface area contributed by atoms with Gasteiger partial charge in [0.25, 0.3) is 0 Å². The summed E-state index contributed by atoms with van der Waals surface area (Å²) in [5.74, 6) is 0.793. The monoisotopic (exact) mass is 319 g/mol. The normalized spacial score (nSPS) is 11.2. The molecule has 1 heterocycles. The van der Waals surface area contributed by atoms with E-state index in [-0.39, 0.29) is 6.03 Å². The standard InChI is InChI=1S/C17H25N3O3/c1-19(2)9-7-13-12-20(17(21)18-8-10-22-3)16-6-5-14(23-4)11-15(13)16/h5-6,11-12H,7-10H2,1-4H3,(H,18,21). The maximum Gasteiger partial charge on any atom is 0.326 e. The lowest BCUT2D eigenvalue weighted by Gasteiger charge is -2.08. The number of nitrogens with one attached hydrogen (secondary N) is 1. The molecule has 0 fully saturated rings. The van der Waals surface area contributed by atoms with E-state index in [0.29, 0.717) is 13.2 Å². The van der Waals surface area contributed by atoms with Crippen LogP contribution >= 0.6 is 0 Å². The minimum Gasteiger partial charge on any atom is -0.497 e. The Bertz CT molecular complexity index is 664. The summed E-state index contributed by atoms with van der Waals surface area (Å²) in [6.07, 6.45) is 2.78. The molecular weight excluding hydrogens is 294 g/mol. The number of benzene rings is 1. The smallest absolute Gasteiger partial charge is 0.326 e. The Hall–Kier alpha value is -2.05. The first-order valence-corrected chi connectivity index (χ1v) is 7.66. The van der Waals surface area contributed by atoms with Crippen molar-refractivity contribution in [1.29, 1.82) is 0 Å². The fourth-order valence-corrected chi connectivity index (χ4v) is 2.46. The zero-order chi connectivity index (χ0) is 16.8. The first-order valence-electron chi connectivity index (χ1n) is 7.66. The van der Waals surface area contributed by atoms with Gasteiger partial charge in [-0.25, -0.2) is 4.79 Å². The minimum atomic E-state index is -0.145. The lowest BCUT2D eigenvalue weighted by molar-refractivity contribution is 0.196. The van der Waals surface area contributed by atoms with Gasteiger partial charge in [-0.05, 0) is 44.3 Å². The van der Waals surface area contributed by atoms with Gasteiger partial charge in [-0.2, -0.15) is 0 Å². The van der Waals surface area contributed by atoms with E-state index in [1.54, 1.807) is 18.8 Å². The lowest BCUT2D eigenvalue weighted by Crippen LogP contribution is -2.30. The van der Waals surface area contributed by atoms with Crippen LogP contribution in [0.25, 0.3) is 10.9 Å². The Morgan fingerprint density at radius 2 is 2.09 bits per heavy atom. The molecule has 0 bridgehead atoms. The second-order valence-electron chi connectivity index (χ2n) is 5.69. The second-order valence-corrected chi connectivity index (χ2v) is 5.69. The molecule has 2 rings (SSSR count). The third-order valence-electron chi connectivity index (χ3n) is 3.72.